The van der Waals surface area contributed by atoms with Crippen molar-refractivity contribution >= 4 is 11.6 Å². The molecule has 2 nitrogen and oxygen atoms in total. The molecule has 0 fully saturated rings. The van der Waals surface area contributed by atoms with E-state index in [9.17, 15) is 9.59 Å². The molecule has 0 aromatic carbocycles. The number of ketones is 2. The summed E-state index contributed by atoms with van der Waals surface area (Å²) in [5, 5.41) is 0. The molecule has 176 valence electrons. The first-order chi connectivity index (χ1) is 14.2. The number of allylic oxidation sites excluding steroid dienone is 10. The normalized spacial score (nSPS) is 23.8. The van der Waals surface area contributed by atoms with E-state index in [4.69, 9.17) is 0 Å². The summed E-state index contributed by atoms with van der Waals surface area (Å²) in [6.45, 7) is 25.4. The van der Waals surface area contributed by atoms with Gasteiger partial charge in [-0.05, 0) is 45.0 Å². The standard InChI is InChI=1S/C30H44O2/c1-27(2,3)21-15-19(16-22(25(21)31)28(4,5)6)13-14-20-17-23(29(7,8)9)26(32)24(18-20)30(10,11)12/h13-18,21,23H,1-12H3/b14-13+/t21-,23-/m0/s1. The molecule has 2 rings (SSSR count). The Bertz CT molecular complexity index is 855. The Morgan fingerprint density at radius 3 is 1.06 bits per heavy atom. The number of carbonyl (C=O) groups is 2. The second-order valence-electron chi connectivity index (χ2n) is 13.7. The van der Waals surface area contributed by atoms with Crippen LogP contribution in [0, 0.1) is 33.5 Å². The van der Waals surface area contributed by atoms with Gasteiger partial charge >= 0.3 is 0 Å². The van der Waals surface area contributed by atoms with Gasteiger partial charge in [-0.15, -0.1) is 0 Å². The average molecular weight is 437 g/mol. The zero-order chi connectivity index (χ0) is 24.9. The third-order valence-corrected chi connectivity index (χ3v) is 6.39. The fourth-order valence-corrected chi connectivity index (χ4v) is 4.30. The molecule has 0 bridgehead atoms. The Balaban J connectivity index is 2.55. The van der Waals surface area contributed by atoms with Crippen molar-refractivity contribution < 1.29 is 9.59 Å². The van der Waals surface area contributed by atoms with E-state index in [1.807, 2.05) is 12.2 Å². The van der Waals surface area contributed by atoms with Crippen molar-refractivity contribution in [2.24, 2.45) is 33.5 Å². The monoisotopic (exact) mass is 436 g/mol. The van der Waals surface area contributed by atoms with Crippen molar-refractivity contribution in [3.8, 4) is 0 Å². The molecule has 0 spiro atoms. The van der Waals surface area contributed by atoms with Crippen LogP contribution in [0.1, 0.15) is 83.1 Å². The summed E-state index contributed by atoms with van der Waals surface area (Å²) in [4.78, 5) is 26.4. The van der Waals surface area contributed by atoms with E-state index in [2.05, 4.69) is 107 Å². The molecule has 0 saturated heterocycles. The lowest BCUT2D eigenvalue weighted by Gasteiger charge is -2.35. The van der Waals surface area contributed by atoms with Crippen LogP contribution >= 0.6 is 0 Å². The maximum Gasteiger partial charge on any atom is 0.166 e. The number of hydrogen-bond acceptors (Lipinski definition) is 2. The first-order valence-electron chi connectivity index (χ1n) is 11.9. The van der Waals surface area contributed by atoms with Gasteiger partial charge in [0.15, 0.2) is 11.6 Å². The first-order valence-corrected chi connectivity index (χ1v) is 11.9. The zero-order valence-corrected chi connectivity index (χ0v) is 22.4. The quantitative estimate of drug-likeness (QED) is 0.442. The van der Waals surface area contributed by atoms with Gasteiger partial charge < -0.3 is 0 Å². The van der Waals surface area contributed by atoms with Gasteiger partial charge in [0.1, 0.15) is 0 Å². The summed E-state index contributed by atoms with van der Waals surface area (Å²) >= 11 is 0. The van der Waals surface area contributed by atoms with E-state index in [-0.39, 0.29) is 45.1 Å². The lowest BCUT2D eigenvalue weighted by atomic mass is 9.68. The molecule has 0 radical (unpaired) electrons. The second-order valence-corrected chi connectivity index (χ2v) is 13.7. The highest BCUT2D eigenvalue weighted by Crippen LogP contribution is 2.41. The molecule has 0 unspecified atom stereocenters. The SMILES string of the molecule is CC(C)(C)C1=CC(/C=C/C2=C[C@H](C(C)(C)C)C(=O)C(C(C)(C)C)=C2)=C[C@H](C(C)(C)C)C1=O. The fourth-order valence-electron chi connectivity index (χ4n) is 4.30. The van der Waals surface area contributed by atoms with Crippen molar-refractivity contribution in [3.05, 3.63) is 58.7 Å². The van der Waals surface area contributed by atoms with Crippen LogP contribution in [-0.2, 0) is 9.59 Å². The summed E-state index contributed by atoms with van der Waals surface area (Å²) < 4.78 is 0. The van der Waals surface area contributed by atoms with E-state index in [1.54, 1.807) is 0 Å². The van der Waals surface area contributed by atoms with Crippen molar-refractivity contribution in [1.82, 2.24) is 0 Å². The predicted octanol–water partition coefficient (Wildman–Crippen LogP) is 7.83. The average Bonchev–Trinajstić information content (AvgIpc) is 2.57. The van der Waals surface area contributed by atoms with E-state index < -0.39 is 0 Å². The van der Waals surface area contributed by atoms with Gasteiger partial charge in [-0.3, -0.25) is 9.59 Å². The Morgan fingerprint density at radius 1 is 0.562 bits per heavy atom. The largest absolute Gasteiger partial charge is 0.294 e. The van der Waals surface area contributed by atoms with Gasteiger partial charge in [0.05, 0.1) is 0 Å². The minimum Gasteiger partial charge on any atom is -0.294 e. The minimum absolute atomic E-state index is 0.145. The van der Waals surface area contributed by atoms with E-state index in [0.717, 1.165) is 22.3 Å². The number of hydrogen-bond donors (Lipinski definition) is 0. The maximum atomic E-state index is 13.2. The van der Waals surface area contributed by atoms with Crippen LogP contribution < -0.4 is 0 Å². The van der Waals surface area contributed by atoms with E-state index in [1.165, 1.54) is 0 Å². The first kappa shape index (κ1) is 26.3. The summed E-state index contributed by atoms with van der Waals surface area (Å²) in [5.74, 6) is 0.164. The molecule has 0 saturated carbocycles. The van der Waals surface area contributed by atoms with Crippen LogP contribution in [0.4, 0.5) is 0 Å². The third-order valence-electron chi connectivity index (χ3n) is 6.39. The molecule has 2 heteroatoms. The lowest BCUT2D eigenvalue weighted by molar-refractivity contribution is -0.122. The number of Topliss-reactive ketones (excluding diaryl/α,β-unsaturated/α-hetero) is 2. The fraction of sp³-hybridized carbons (Fsp3) is 0.600. The molecule has 0 aromatic heterocycles. The third kappa shape index (κ3) is 5.88. The topological polar surface area (TPSA) is 34.1 Å². The predicted molar refractivity (Wildman–Crippen MR) is 136 cm³/mol. The molecule has 0 aliphatic heterocycles. The Morgan fingerprint density at radius 2 is 0.844 bits per heavy atom. The van der Waals surface area contributed by atoms with Gasteiger partial charge in [-0.1, -0.05) is 107 Å². The second kappa shape index (κ2) is 8.43. The summed E-state index contributed by atoms with van der Waals surface area (Å²) in [6.07, 6.45) is 12.5. The summed E-state index contributed by atoms with van der Waals surface area (Å²) in [6, 6.07) is 0. The summed E-state index contributed by atoms with van der Waals surface area (Å²) in [5.41, 5.74) is 3.18. The number of carbonyl (C=O) groups excluding carboxylic acids is 2. The van der Waals surface area contributed by atoms with Gasteiger partial charge in [-0.2, -0.15) is 0 Å². The van der Waals surface area contributed by atoms with Crippen molar-refractivity contribution in [2.75, 3.05) is 0 Å². The maximum absolute atomic E-state index is 13.2. The van der Waals surface area contributed by atoms with Crippen LogP contribution in [-0.4, -0.2) is 11.6 Å². The molecule has 0 aromatic rings. The molecule has 0 heterocycles. The van der Waals surface area contributed by atoms with Crippen LogP contribution in [0.3, 0.4) is 0 Å². The Kier molecular flexibility index (Phi) is 6.93. The van der Waals surface area contributed by atoms with Crippen molar-refractivity contribution in [2.45, 2.75) is 83.1 Å². The smallest absolute Gasteiger partial charge is 0.166 e. The van der Waals surface area contributed by atoms with Crippen LogP contribution in [0.5, 0.6) is 0 Å². The van der Waals surface area contributed by atoms with Crippen LogP contribution in [0.25, 0.3) is 0 Å². The molecule has 2 aliphatic rings. The molecular formula is C30H44O2. The highest BCUT2D eigenvalue weighted by molar-refractivity contribution is 6.02. The lowest BCUT2D eigenvalue weighted by Crippen LogP contribution is -2.34. The number of rotatable bonds is 2. The molecule has 0 N–H and O–H groups in total. The van der Waals surface area contributed by atoms with E-state index in [0.29, 0.717) is 0 Å². The molecular weight excluding hydrogens is 392 g/mol. The molecule has 0 amide bonds. The molecule has 2 aliphatic carbocycles. The zero-order valence-electron chi connectivity index (χ0n) is 22.4. The van der Waals surface area contributed by atoms with Crippen LogP contribution in [0.2, 0.25) is 0 Å². The van der Waals surface area contributed by atoms with Gasteiger partial charge in [0.2, 0.25) is 0 Å². The highest BCUT2D eigenvalue weighted by Gasteiger charge is 2.38. The Hall–Kier alpha value is -1.96. The van der Waals surface area contributed by atoms with Crippen molar-refractivity contribution in [1.29, 1.82) is 0 Å². The van der Waals surface area contributed by atoms with E-state index >= 15 is 0 Å². The highest BCUT2D eigenvalue weighted by atomic mass is 16.1. The van der Waals surface area contributed by atoms with Crippen molar-refractivity contribution in [3.63, 3.8) is 0 Å². The minimum atomic E-state index is -0.207. The van der Waals surface area contributed by atoms with Gasteiger partial charge in [-0.25, -0.2) is 0 Å². The Labute approximate surface area is 196 Å². The van der Waals surface area contributed by atoms with Gasteiger partial charge in [0, 0.05) is 23.0 Å². The van der Waals surface area contributed by atoms with Crippen LogP contribution in [0.15, 0.2) is 58.7 Å². The molecule has 2 atom stereocenters. The van der Waals surface area contributed by atoms with Gasteiger partial charge in [0.25, 0.3) is 0 Å². The summed E-state index contributed by atoms with van der Waals surface area (Å²) in [7, 11) is 0. The molecule has 32 heavy (non-hydrogen) atoms.